The van der Waals surface area contributed by atoms with Crippen LogP contribution in [0.2, 0.25) is 0 Å². The predicted molar refractivity (Wildman–Crippen MR) is 131 cm³/mol. The fourth-order valence-corrected chi connectivity index (χ4v) is 3.94. The molecule has 0 bridgehead atoms. The molecule has 1 aliphatic rings. The van der Waals surface area contributed by atoms with Crippen LogP contribution in [0.4, 0.5) is 0 Å². The third-order valence-electron chi connectivity index (χ3n) is 5.89. The van der Waals surface area contributed by atoms with E-state index in [1.54, 1.807) is 17.0 Å². The van der Waals surface area contributed by atoms with Gasteiger partial charge < -0.3 is 20.6 Å². The van der Waals surface area contributed by atoms with Crippen LogP contribution in [0.3, 0.4) is 0 Å². The molecule has 1 heterocycles. The number of hydrogen-bond donors (Lipinski definition) is 4. The molecule has 1 amide bonds. The number of hydrogen-bond acceptors (Lipinski definition) is 8. The summed E-state index contributed by atoms with van der Waals surface area (Å²) in [7, 11) is 0. The summed E-state index contributed by atoms with van der Waals surface area (Å²) < 4.78 is 0. The number of amides is 1. The van der Waals surface area contributed by atoms with Gasteiger partial charge in [-0.15, -0.1) is 0 Å². The molecule has 196 valence electrons. The molecule has 1 aromatic carbocycles. The van der Waals surface area contributed by atoms with Gasteiger partial charge in [-0.2, -0.15) is 0 Å². The van der Waals surface area contributed by atoms with Crippen molar-refractivity contribution in [1.29, 1.82) is 0 Å². The maximum atomic E-state index is 12.2. The summed E-state index contributed by atoms with van der Waals surface area (Å²) in [5.41, 5.74) is 1.63. The van der Waals surface area contributed by atoms with Crippen molar-refractivity contribution in [2.75, 3.05) is 72.2 Å². The van der Waals surface area contributed by atoms with E-state index in [2.05, 4.69) is 10.2 Å². The SMILES string of the molecule is CC(C)NC(=O)c1ccc(CN2CCN(CO)CCN(CC(=O)O)CCN(CC(=O)O)CC2)cc1. The van der Waals surface area contributed by atoms with Crippen molar-refractivity contribution >= 4 is 17.8 Å². The van der Waals surface area contributed by atoms with Gasteiger partial charge >= 0.3 is 11.9 Å². The van der Waals surface area contributed by atoms with Gasteiger partial charge in [-0.1, -0.05) is 12.1 Å². The molecule has 0 radical (unpaired) electrons. The molecule has 1 fully saturated rings. The minimum Gasteiger partial charge on any atom is -0.480 e. The van der Waals surface area contributed by atoms with Gasteiger partial charge in [0.15, 0.2) is 0 Å². The second kappa shape index (κ2) is 14.7. The van der Waals surface area contributed by atoms with Crippen molar-refractivity contribution in [3.63, 3.8) is 0 Å². The largest absolute Gasteiger partial charge is 0.480 e. The number of rotatable bonds is 9. The van der Waals surface area contributed by atoms with Crippen molar-refractivity contribution in [2.45, 2.75) is 26.4 Å². The number of nitrogens with zero attached hydrogens (tertiary/aromatic N) is 4. The maximum Gasteiger partial charge on any atom is 0.317 e. The number of benzene rings is 1. The van der Waals surface area contributed by atoms with Crippen LogP contribution in [0.5, 0.6) is 0 Å². The second-order valence-electron chi connectivity index (χ2n) is 9.20. The van der Waals surface area contributed by atoms with E-state index in [4.69, 9.17) is 0 Å². The number of aliphatic hydroxyl groups is 1. The van der Waals surface area contributed by atoms with Gasteiger partial charge in [0, 0.05) is 70.5 Å². The lowest BCUT2D eigenvalue weighted by molar-refractivity contribution is -0.140. The molecule has 1 saturated heterocycles. The van der Waals surface area contributed by atoms with Crippen LogP contribution < -0.4 is 5.32 Å². The van der Waals surface area contributed by atoms with Crippen LogP contribution in [0.15, 0.2) is 24.3 Å². The standard InChI is InChI=1S/C24H39N5O6/c1-19(2)25-24(35)21-5-3-20(4-6-21)15-26-7-8-27(16-22(31)32)9-10-28(17-23(33)34)12-14-29(18-30)13-11-26/h3-6,19,30H,7-18H2,1-2H3,(H,25,35)(H,31,32)(H,33,34). The fourth-order valence-electron chi connectivity index (χ4n) is 3.94. The lowest BCUT2D eigenvalue weighted by Crippen LogP contribution is -2.47. The van der Waals surface area contributed by atoms with E-state index in [1.165, 1.54) is 0 Å². The Hall–Kier alpha value is -2.57. The van der Waals surface area contributed by atoms with Gasteiger partial charge in [-0.25, -0.2) is 0 Å². The fraction of sp³-hybridized carbons (Fsp3) is 0.625. The van der Waals surface area contributed by atoms with Gasteiger partial charge in [0.05, 0.1) is 19.8 Å². The first-order valence-corrected chi connectivity index (χ1v) is 12.0. The van der Waals surface area contributed by atoms with Gasteiger partial charge in [-0.05, 0) is 31.5 Å². The Morgan fingerprint density at radius 3 is 1.60 bits per heavy atom. The van der Waals surface area contributed by atoms with E-state index in [-0.39, 0.29) is 31.8 Å². The van der Waals surface area contributed by atoms with E-state index in [1.807, 2.05) is 35.8 Å². The van der Waals surface area contributed by atoms with E-state index in [9.17, 15) is 29.7 Å². The molecule has 35 heavy (non-hydrogen) atoms. The Kier molecular flexibility index (Phi) is 12.1. The number of aliphatic carboxylic acids is 2. The highest BCUT2D eigenvalue weighted by atomic mass is 16.4. The maximum absolute atomic E-state index is 12.2. The van der Waals surface area contributed by atoms with Crippen LogP contribution in [-0.2, 0) is 16.1 Å². The number of carbonyl (C=O) groups excluding carboxylic acids is 1. The van der Waals surface area contributed by atoms with Crippen molar-refractivity contribution < 1.29 is 29.7 Å². The normalized spacial score (nSPS) is 18.1. The van der Waals surface area contributed by atoms with E-state index in [0.717, 1.165) is 5.56 Å². The third kappa shape index (κ3) is 11.1. The molecule has 0 atom stereocenters. The Bertz CT molecular complexity index is 819. The summed E-state index contributed by atoms with van der Waals surface area (Å²) in [5, 5.41) is 31.2. The van der Waals surface area contributed by atoms with Crippen LogP contribution in [0.25, 0.3) is 0 Å². The number of carboxylic acid groups (broad SMARTS) is 2. The van der Waals surface area contributed by atoms with Crippen molar-refractivity contribution in [3.8, 4) is 0 Å². The lowest BCUT2D eigenvalue weighted by Gasteiger charge is -2.33. The quantitative estimate of drug-likeness (QED) is 0.362. The van der Waals surface area contributed by atoms with E-state index >= 15 is 0 Å². The molecule has 0 spiro atoms. The number of carbonyl (C=O) groups is 3. The zero-order chi connectivity index (χ0) is 25.8. The van der Waals surface area contributed by atoms with Gasteiger partial charge in [0.25, 0.3) is 5.91 Å². The van der Waals surface area contributed by atoms with Crippen LogP contribution in [0, 0.1) is 0 Å². The van der Waals surface area contributed by atoms with E-state index < -0.39 is 11.9 Å². The van der Waals surface area contributed by atoms with Gasteiger partial charge in [-0.3, -0.25) is 34.0 Å². The lowest BCUT2D eigenvalue weighted by atomic mass is 10.1. The summed E-state index contributed by atoms with van der Waals surface area (Å²) in [6, 6.07) is 7.51. The van der Waals surface area contributed by atoms with E-state index in [0.29, 0.717) is 64.5 Å². The average molecular weight is 494 g/mol. The molecule has 11 nitrogen and oxygen atoms in total. The first-order chi connectivity index (χ1) is 16.7. The Balaban J connectivity index is 2.10. The van der Waals surface area contributed by atoms with Gasteiger partial charge in [0.1, 0.15) is 0 Å². The second-order valence-corrected chi connectivity index (χ2v) is 9.20. The highest BCUT2D eigenvalue weighted by Gasteiger charge is 2.19. The first kappa shape index (κ1) is 28.7. The Labute approximate surface area is 206 Å². The minimum atomic E-state index is -0.934. The highest BCUT2D eigenvalue weighted by molar-refractivity contribution is 5.94. The highest BCUT2D eigenvalue weighted by Crippen LogP contribution is 2.10. The molecular formula is C24H39N5O6. The van der Waals surface area contributed by atoms with Crippen molar-refractivity contribution in [1.82, 2.24) is 24.9 Å². The summed E-state index contributed by atoms with van der Waals surface area (Å²) in [6.45, 7) is 8.29. The molecule has 11 heteroatoms. The number of nitrogens with one attached hydrogen (secondary N) is 1. The molecule has 4 N–H and O–H groups in total. The van der Waals surface area contributed by atoms with Crippen LogP contribution in [-0.4, -0.2) is 131 Å². The first-order valence-electron chi connectivity index (χ1n) is 12.0. The minimum absolute atomic E-state index is 0.0592. The zero-order valence-electron chi connectivity index (χ0n) is 20.7. The summed E-state index contributed by atoms with van der Waals surface area (Å²) in [4.78, 5) is 42.5. The smallest absolute Gasteiger partial charge is 0.317 e. The molecular weight excluding hydrogens is 454 g/mol. The Morgan fingerprint density at radius 1 is 0.771 bits per heavy atom. The van der Waals surface area contributed by atoms with Crippen LogP contribution in [0.1, 0.15) is 29.8 Å². The number of carboxylic acids is 2. The summed E-state index contributed by atoms with van der Waals surface area (Å²) >= 11 is 0. The summed E-state index contributed by atoms with van der Waals surface area (Å²) in [5.74, 6) is -1.97. The number of aliphatic hydroxyl groups excluding tert-OH is 1. The predicted octanol–water partition coefficient (Wildman–Crippen LogP) is -0.335. The monoisotopic (exact) mass is 493 g/mol. The molecule has 1 aromatic rings. The Morgan fingerprint density at radius 2 is 1.20 bits per heavy atom. The molecule has 1 aliphatic heterocycles. The molecule has 0 aromatic heterocycles. The van der Waals surface area contributed by atoms with Gasteiger partial charge in [0.2, 0.25) is 0 Å². The topological polar surface area (TPSA) is 137 Å². The zero-order valence-corrected chi connectivity index (χ0v) is 20.7. The molecule has 2 rings (SSSR count). The molecule has 0 unspecified atom stereocenters. The molecule has 0 aliphatic carbocycles. The van der Waals surface area contributed by atoms with Crippen molar-refractivity contribution in [2.24, 2.45) is 0 Å². The molecule has 0 saturated carbocycles. The third-order valence-corrected chi connectivity index (χ3v) is 5.89. The van der Waals surface area contributed by atoms with Crippen LogP contribution >= 0.6 is 0 Å². The summed E-state index contributed by atoms with van der Waals surface area (Å²) in [6.07, 6.45) is 0. The average Bonchev–Trinajstić information content (AvgIpc) is 2.78. The van der Waals surface area contributed by atoms with Crippen molar-refractivity contribution in [3.05, 3.63) is 35.4 Å².